The van der Waals surface area contributed by atoms with E-state index >= 15 is 0 Å². The van der Waals surface area contributed by atoms with Crippen molar-refractivity contribution >= 4 is 17.4 Å². The minimum absolute atomic E-state index is 0.414. The summed E-state index contributed by atoms with van der Waals surface area (Å²) in [6, 6.07) is 0. The normalized spacial score (nSPS) is 12.6. The summed E-state index contributed by atoms with van der Waals surface area (Å²) in [5, 5.41) is 12.8. The second-order valence-corrected chi connectivity index (χ2v) is 4.24. The van der Waals surface area contributed by atoms with Gasteiger partial charge in [0, 0.05) is 18.5 Å². The molecule has 1 unspecified atom stereocenters. The van der Waals surface area contributed by atoms with Crippen molar-refractivity contribution < 1.29 is 5.11 Å². The number of halogens is 1. The van der Waals surface area contributed by atoms with E-state index in [2.05, 4.69) is 22.2 Å². The van der Waals surface area contributed by atoms with Crippen molar-refractivity contribution in [3.63, 3.8) is 0 Å². The molecule has 1 atom stereocenters. The minimum atomic E-state index is -0.414. The molecule has 2 N–H and O–H groups in total. The Morgan fingerprint density at radius 3 is 2.69 bits per heavy atom. The summed E-state index contributed by atoms with van der Waals surface area (Å²) in [6.07, 6.45) is 1.38. The molecule has 1 rings (SSSR count). The molecule has 4 nitrogen and oxygen atoms in total. The standard InChI is InChI=1S/C11H18ClN3O/c1-4-5-9-14-10(12)8(3)11(15-9)13-6-7(2)16/h7,16H,4-6H2,1-3H3,(H,13,14,15). The first-order valence-electron chi connectivity index (χ1n) is 5.49. The first-order chi connectivity index (χ1) is 7.54. The topological polar surface area (TPSA) is 58.0 Å². The number of aliphatic hydroxyl groups is 1. The van der Waals surface area contributed by atoms with Crippen molar-refractivity contribution in [1.82, 2.24) is 9.97 Å². The van der Waals surface area contributed by atoms with Crippen molar-refractivity contribution in [2.75, 3.05) is 11.9 Å². The van der Waals surface area contributed by atoms with Gasteiger partial charge in [-0.05, 0) is 20.3 Å². The number of nitrogens with zero attached hydrogens (tertiary/aromatic N) is 2. The van der Waals surface area contributed by atoms with Gasteiger partial charge in [0.1, 0.15) is 16.8 Å². The van der Waals surface area contributed by atoms with Crippen molar-refractivity contribution in [3.8, 4) is 0 Å². The summed E-state index contributed by atoms with van der Waals surface area (Å²) in [5.41, 5.74) is 0.821. The fourth-order valence-corrected chi connectivity index (χ4v) is 1.47. The SMILES string of the molecule is CCCc1nc(Cl)c(C)c(NCC(C)O)n1. The average Bonchev–Trinajstić information content (AvgIpc) is 2.21. The van der Waals surface area contributed by atoms with E-state index in [-0.39, 0.29) is 0 Å². The van der Waals surface area contributed by atoms with Gasteiger partial charge in [-0.25, -0.2) is 9.97 Å². The van der Waals surface area contributed by atoms with E-state index in [1.165, 1.54) is 0 Å². The molecule has 0 aliphatic carbocycles. The molecule has 0 radical (unpaired) electrons. The molecule has 90 valence electrons. The maximum Gasteiger partial charge on any atom is 0.137 e. The Labute approximate surface area is 101 Å². The van der Waals surface area contributed by atoms with E-state index in [1.54, 1.807) is 6.92 Å². The third-order valence-electron chi connectivity index (χ3n) is 2.17. The Hall–Kier alpha value is -0.870. The molecule has 0 spiro atoms. The monoisotopic (exact) mass is 243 g/mol. The van der Waals surface area contributed by atoms with E-state index < -0.39 is 6.10 Å². The molecule has 16 heavy (non-hydrogen) atoms. The van der Waals surface area contributed by atoms with E-state index in [4.69, 9.17) is 11.6 Å². The van der Waals surface area contributed by atoms with Crippen LogP contribution in [0, 0.1) is 6.92 Å². The second kappa shape index (κ2) is 6.01. The number of hydrogen-bond acceptors (Lipinski definition) is 4. The largest absolute Gasteiger partial charge is 0.392 e. The molecule has 0 aliphatic heterocycles. The average molecular weight is 244 g/mol. The summed E-state index contributed by atoms with van der Waals surface area (Å²) in [7, 11) is 0. The van der Waals surface area contributed by atoms with Crippen LogP contribution in [0.3, 0.4) is 0 Å². The fourth-order valence-electron chi connectivity index (χ4n) is 1.28. The van der Waals surface area contributed by atoms with E-state index in [9.17, 15) is 5.11 Å². The Bertz CT molecular complexity index is 355. The Morgan fingerprint density at radius 2 is 2.12 bits per heavy atom. The zero-order chi connectivity index (χ0) is 12.1. The molecule has 0 aliphatic rings. The van der Waals surface area contributed by atoms with Crippen LogP contribution in [0.1, 0.15) is 31.7 Å². The number of aryl methyl sites for hydroxylation is 1. The lowest BCUT2D eigenvalue weighted by Gasteiger charge is -2.12. The number of nitrogens with one attached hydrogen (secondary N) is 1. The van der Waals surface area contributed by atoms with Gasteiger partial charge in [0.25, 0.3) is 0 Å². The summed E-state index contributed by atoms with van der Waals surface area (Å²) < 4.78 is 0. The van der Waals surface area contributed by atoms with Gasteiger partial charge in [-0.15, -0.1) is 0 Å². The highest BCUT2D eigenvalue weighted by Crippen LogP contribution is 2.20. The third-order valence-corrected chi connectivity index (χ3v) is 2.54. The van der Waals surface area contributed by atoms with E-state index in [0.717, 1.165) is 24.2 Å². The fraction of sp³-hybridized carbons (Fsp3) is 0.636. The van der Waals surface area contributed by atoms with Crippen LogP contribution in [-0.2, 0) is 6.42 Å². The second-order valence-electron chi connectivity index (χ2n) is 3.88. The number of aromatic nitrogens is 2. The van der Waals surface area contributed by atoms with Crippen LogP contribution >= 0.6 is 11.6 Å². The molecule has 1 heterocycles. The molecule has 0 fully saturated rings. The van der Waals surface area contributed by atoms with Gasteiger partial charge in [-0.2, -0.15) is 0 Å². The van der Waals surface area contributed by atoms with Crippen molar-refractivity contribution in [2.45, 2.75) is 39.7 Å². The summed E-state index contributed by atoms with van der Waals surface area (Å²) in [5.74, 6) is 1.45. The van der Waals surface area contributed by atoms with Gasteiger partial charge < -0.3 is 10.4 Å². The van der Waals surface area contributed by atoms with Gasteiger partial charge in [0.05, 0.1) is 6.10 Å². The number of anilines is 1. The molecule has 5 heteroatoms. The maximum atomic E-state index is 9.21. The molecule has 0 amide bonds. The zero-order valence-electron chi connectivity index (χ0n) is 9.92. The van der Waals surface area contributed by atoms with Crippen LogP contribution in [-0.4, -0.2) is 27.7 Å². The van der Waals surface area contributed by atoms with E-state index in [1.807, 2.05) is 6.92 Å². The summed E-state index contributed by atoms with van der Waals surface area (Å²) >= 11 is 6.02. The van der Waals surface area contributed by atoms with Gasteiger partial charge in [0.15, 0.2) is 0 Å². The van der Waals surface area contributed by atoms with Gasteiger partial charge in [-0.3, -0.25) is 0 Å². The van der Waals surface area contributed by atoms with E-state index in [0.29, 0.717) is 17.5 Å². The third kappa shape index (κ3) is 3.61. The Morgan fingerprint density at radius 1 is 1.44 bits per heavy atom. The minimum Gasteiger partial charge on any atom is -0.392 e. The molecule has 0 aromatic carbocycles. The Kier molecular flexibility index (Phi) is 4.96. The predicted molar refractivity (Wildman–Crippen MR) is 65.9 cm³/mol. The quantitative estimate of drug-likeness (QED) is 0.779. The van der Waals surface area contributed by atoms with Crippen molar-refractivity contribution in [3.05, 3.63) is 16.5 Å². The zero-order valence-corrected chi connectivity index (χ0v) is 10.7. The van der Waals surface area contributed by atoms with Crippen LogP contribution in [0.4, 0.5) is 5.82 Å². The molecule has 1 aromatic heterocycles. The molecule has 0 saturated heterocycles. The first-order valence-corrected chi connectivity index (χ1v) is 5.87. The molecule has 0 saturated carbocycles. The van der Waals surface area contributed by atoms with Crippen molar-refractivity contribution in [1.29, 1.82) is 0 Å². The summed E-state index contributed by atoms with van der Waals surface area (Å²) in [4.78, 5) is 8.58. The number of aliphatic hydroxyl groups excluding tert-OH is 1. The van der Waals surface area contributed by atoms with Gasteiger partial charge >= 0.3 is 0 Å². The number of rotatable bonds is 5. The maximum absolute atomic E-state index is 9.21. The van der Waals surface area contributed by atoms with Gasteiger partial charge in [-0.1, -0.05) is 18.5 Å². The highest BCUT2D eigenvalue weighted by molar-refractivity contribution is 6.30. The first kappa shape index (κ1) is 13.2. The summed E-state index contributed by atoms with van der Waals surface area (Å²) in [6.45, 7) is 6.11. The lowest BCUT2D eigenvalue weighted by Crippen LogP contribution is -2.17. The van der Waals surface area contributed by atoms with Crippen LogP contribution < -0.4 is 5.32 Å². The lowest BCUT2D eigenvalue weighted by atomic mass is 10.3. The van der Waals surface area contributed by atoms with Crippen LogP contribution in [0.2, 0.25) is 5.15 Å². The smallest absolute Gasteiger partial charge is 0.137 e. The Balaban J connectivity index is 2.88. The van der Waals surface area contributed by atoms with Crippen LogP contribution in [0.15, 0.2) is 0 Å². The molecular weight excluding hydrogens is 226 g/mol. The molecule has 0 bridgehead atoms. The van der Waals surface area contributed by atoms with Crippen LogP contribution in [0.25, 0.3) is 0 Å². The highest BCUT2D eigenvalue weighted by Gasteiger charge is 2.09. The van der Waals surface area contributed by atoms with Crippen molar-refractivity contribution in [2.24, 2.45) is 0 Å². The van der Waals surface area contributed by atoms with Gasteiger partial charge in [0.2, 0.25) is 0 Å². The molecule has 1 aromatic rings. The highest BCUT2D eigenvalue weighted by atomic mass is 35.5. The molecular formula is C11H18ClN3O. The predicted octanol–water partition coefficient (Wildman–Crippen LogP) is 2.18. The lowest BCUT2D eigenvalue weighted by molar-refractivity contribution is 0.208. The van der Waals surface area contributed by atoms with Crippen LogP contribution in [0.5, 0.6) is 0 Å². The number of hydrogen-bond donors (Lipinski definition) is 2.